The molecule has 14 heavy (non-hydrogen) atoms. The molecule has 1 atom stereocenters. The van der Waals surface area contributed by atoms with Crippen molar-refractivity contribution in [2.75, 3.05) is 13.2 Å². The molecule has 1 nitrogen and oxygen atoms in total. The van der Waals surface area contributed by atoms with Gasteiger partial charge in [0, 0.05) is 17.1 Å². The van der Waals surface area contributed by atoms with Crippen LogP contribution in [-0.2, 0) is 4.74 Å². The first kappa shape index (κ1) is 11.2. The Morgan fingerprint density at radius 1 is 1.14 bits per heavy atom. The molecule has 1 unspecified atom stereocenters. The highest BCUT2D eigenvalue weighted by Crippen LogP contribution is 2.47. The summed E-state index contributed by atoms with van der Waals surface area (Å²) in [5.74, 6) is 0.990. The highest BCUT2D eigenvalue weighted by atomic mass is 127. The number of halogens is 1. The second-order valence-electron chi connectivity index (χ2n) is 5.13. The lowest BCUT2D eigenvalue weighted by Gasteiger charge is -2.43. The van der Waals surface area contributed by atoms with Crippen LogP contribution in [0.1, 0.15) is 45.4 Å². The number of hydrogen-bond donors (Lipinski definition) is 0. The summed E-state index contributed by atoms with van der Waals surface area (Å²) >= 11 is 2.60. The van der Waals surface area contributed by atoms with Crippen molar-refractivity contribution in [3.8, 4) is 0 Å². The second kappa shape index (κ2) is 4.69. The molecule has 0 radical (unpaired) electrons. The van der Waals surface area contributed by atoms with Crippen molar-refractivity contribution in [3.63, 3.8) is 0 Å². The third kappa shape index (κ3) is 2.43. The van der Waals surface area contributed by atoms with Crippen LogP contribution in [0.3, 0.4) is 0 Å². The quantitative estimate of drug-likeness (QED) is 0.529. The molecule has 0 amide bonds. The summed E-state index contributed by atoms with van der Waals surface area (Å²) in [6.45, 7) is 4.40. The van der Waals surface area contributed by atoms with Gasteiger partial charge in [0.1, 0.15) is 0 Å². The van der Waals surface area contributed by atoms with Crippen LogP contribution >= 0.6 is 22.6 Å². The summed E-state index contributed by atoms with van der Waals surface area (Å²) in [6.07, 6.45) is 8.52. The maximum Gasteiger partial charge on any atom is 0.0471 e. The average Bonchev–Trinajstić information content (AvgIpc) is 2.19. The first-order valence-corrected chi connectivity index (χ1v) is 7.18. The standard InChI is InChI=1S/C12H21IO/c1-10(13)11-2-4-12(5-3-11)6-8-14-9-7-12/h10-11H,2-9H2,1H3. The van der Waals surface area contributed by atoms with E-state index in [0.717, 1.165) is 23.1 Å². The minimum absolute atomic E-state index is 0.695. The van der Waals surface area contributed by atoms with Crippen molar-refractivity contribution in [1.29, 1.82) is 0 Å². The minimum Gasteiger partial charge on any atom is -0.381 e. The van der Waals surface area contributed by atoms with E-state index in [1.54, 1.807) is 0 Å². The molecular formula is C12H21IO. The SMILES string of the molecule is CC(I)C1CCC2(CCOCC2)CC1. The maximum atomic E-state index is 5.47. The third-order valence-corrected chi connectivity index (χ3v) is 5.31. The monoisotopic (exact) mass is 308 g/mol. The van der Waals surface area contributed by atoms with E-state index in [2.05, 4.69) is 29.5 Å². The van der Waals surface area contributed by atoms with Crippen molar-refractivity contribution in [1.82, 2.24) is 0 Å². The molecule has 1 heterocycles. The summed E-state index contributed by atoms with van der Waals surface area (Å²) in [4.78, 5) is 0. The summed E-state index contributed by atoms with van der Waals surface area (Å²) in [6, 6.07) is 0. The van der Waals surface area contributed by atoms with E-state index in [1.807, 2.05) is 0 Å². The Bertz CT molecular complexity index is 175. The Morgan fingerprint density at radius 2 is 1.71 bits per heavy atom. The predicted octanol–water partition coefficient (Wildman–Crippen LogP) is 3.80. The molecular weight excluding hydrogens is 287 g/mol. The number of alkyl halides is 1. The Balaban J connectivity index is 1.87. The first-order chi connectivity index (χ1) is 6.72. The number of ether oxygens (including phenoxy) is 1. The molecule has 2 aliphatic rings. The fourth-order valence-electron chi connectivity index (χ4n) is 3.02. The van der Waals surface area contributed by atoms with Gasteiger partial charge in [-0.1, -0.05) is 29.5 Å². The Hall–Kier alpha value is 0.690. The van der Waals surface area contributed by atoms with Gasteiger partial charge in [-0.05, 0) is 49.9 Å². The van der Waals surface area contributed by atoms with Crippen molar-refractivity contribution < 1.29 is 4.74 Å². The summed E-state index contributed by atoms with van der Waals surface area (Å²) in [5, 5.41) is 0. The van der Waals surface area contributed by atoms with Crippen LogP contribution in [0.15, 0.2) is 0 Å². The van der Waals surface area contributed by atoms with Crippen molar-refractivity contribution in [3.05, 3.63) is 0 Å². The topological polar surface area (TPSA) is 9.23 Å². The molecule has 1 aliphatic carbocycles. The lowest BCUT2D eigenvalue weighted by Crippen LogP contribution is -2.35. The van der Waals surface area contributed by atoms with Gasteiger partial charge in [0.15, 0.2) is 0 Å². The summed E-state index contributed by atoms with van der Waals surface area (Å²) in [7, 11) is 0. The third-order valence-electron chi connectivity index (χ3n) is 4.29. The highest BCUT2D eigenvalue weighted by Gasteiger charge is 2.37. The average molecular weight is 308 g/mol. The highest BCUT2D eigenvalue weighted by molar-refractivity contribution is 14.1. The van der Waals surface area contributed by atoms with Gasteiger partial charge in [0.2, 0.25) is 0 Å². The second-order valence-corrected chi connectivity index (χ2v) is 7.09. The zero-order chi connectivity index (χ0) is 10.0. The van der Waals surface area contributed by atoms with Gasteiger partial charge in [-0.15, -0.1) is 0 Å². The fraction of sp³-hybridized carbons (Fsp3) is 1.00. The molecule has 2 heteroatoms. The van der Waals surface area contributed by atoms with Crippen molar-refractivity contribution in [2.24, 2.45) is 11.3 Å². The molecule has 0 aromatic rings. The molecule has 0 N–H and O–H groups in total. The van der Waals surface area contributed by atoms with Gasteiger partial charge >= 0.3 is 0 Å². The first-order valence-electron chi connectivity index (χ1n) is 5.94. The molecule has 0 aromatic carbocycles. The van der Waals surface area contributed by atoms with Gasteiger partial charge in [0.05, 0.1) is 0 Å². The summed E-state index contributed by atoms with van der Waals surface area (Å²) in [5.41, 5.74) is 0.695. The minimum atomic E-state index is 0.695. The Morgan fingerprint density at radius 3 is 2.21 bits per heavy atom. The van der Waals surface area contributed by atoms with Gasteiger partial charge < -0.3 is 4.74 Å². The number of rotatable bonds is 1. The lowest BCUT2D eigenvalue weighted by molar-refractivity contribution is -0.0123. The van der Waals surface area contributed by atoms with Crippen molar-refractivity contribution in [2.45, 2.75) is 49.4 Å². The van der Waals surface area contributed by atoms with Crippen LogP contribution < -0.4 is 0 Å². The normalized spacial score (nSPS) is 30.4. The van der Waals surface area contributed by atoms with Crippen LogP contribution in [0, 0.1) is 11.3 Å². The molecule has 1 aliphatic heterocycles. The van der Waals surface area contributed by atoms with Crippen LogP contribution in [0.25, 0.3) is 0 Å². The van der Waals surface area contributed by atoms with Crippen LogP contribution in [-0.4, -0.2) is 17.1 Å². The zero-order valence-corrected chi connectivity index (χ0v) is 11.3. The van der Waals surface area contributed by atoms with E-state index in [9.17, 15) is 0 Å². The predicted molar refractivity (Wildman–Crippen MR) is 67.9 cm³/mol. The fourth-order valence-corrected chi connectivity index (χ4v) is 3.74. The van der Waals surface area contributed by atoms with E-state index in [1.165, 1.54) is 38.5 Å². The number of hydrogen-bond acceptors (Lipinski definition) is 1. The van der Waals surface area contributed by atoms with E-state index in [4.69, 9.17) is 4.74 Å². The smallest absolute Gasteiger partial charge is 0.0471 e. The lowest BCUT2D eigenvalue weighted by atomic mass is 9.66. The summed E-state index contributed by atoms with van der Waals surface area (Å²) < 4.78 is 6.34. The van der Waals surface area contributed by atoms with E-state index < -0.39 is 0 Å². The van der Waals surface area contributed by atoms with Crippen LogP contribution in [0.5, 0.6) is 0 Å². The van der Waals surface area contributed by atoms with E-state index in [0.29, 0.717) is 5.41 Å². The molecule has 2 rings (SSSR count). The molecule has 0 bridgehead atoms. The van der Waals surface area contributed by atoms with Crippen LogP contribution in [0.2, 0.25) is 0 Å². The van der Waals surface area contributed by atoms with Gasteiger partial charge in [-0.3, -0.25) is 0 Å². The molecule has 2 fully saturated rings. The van der Waals surface area contributed by atoms with Gasteiger partial charge in [-0.25, -0.2) is 0 Å². The molecule has 1 saturated heterocycles. The Labute approximate surface area is 101 Å². The van der Waals surface area contributed by atoms with Crippen molar-refractivity contribution >= 4 is 22.6 Å². The molecule has 1 spiro atoms. The molecule has 0 aromatic heterocycles. The Kier molecular flexibility index (Phi) is 3.74. The molecule has 1 saturated carbocycles. The zero-order valence-electron chi connectivity index (χ0n) is 9.10. The van der Waals surface area contributed by atoms with Crippen LogP contribution in [0.4, 0.5) is 0 Å². The maximum absolute atomic E-state index is 5.47. The van der Waals surface area contributed by atoms with E-state index in [-0.39, 0.29) is 0 Å². The van der Waals surface area contributed by atoms with Gasteiger partial charge in [-0.2, -0.15) is 0 Å². The molecule has 82 valence electrons. The van der Waals surface area contributed by atoms with Gasteiger partial charge in [0.25, 0.3) is 0 Å². The van der Waals surface area contributed by atoms with E-state index >= 15 is 0 Å². The largest absolute Gasteiger partial charge is 0.381 e.